The number of carbonyl (C=O) groups is 1. The Balaban J connectivity index is 1.97. The van der Waals surface area contributed by atoms with Crippen LogP contribution in [0.1, 0.15) is 11.1 Å². The minimum atomic E-state index is -0.519. The van der Waals surface area contributed by atoms with E-state index in [1.54, 1.807) is 36.9 Å². The number of rotatable bonds is 3. The molecule has 0 atom stereocenters. The van der Waals surface area contributed by atoms with Crippen LogP contribution in [0, 0.1) is 18.3 Å². The minimum Gasteiger partial charge on any atom is -0.319 e. The van der Waals surface area contributed by atoms with Gasteiger partial charge in [0.15, 0.2) is 0 Å². The van der Waals surface area contributed by atoms with E-state index in [0.29, 0.717) is 20.2 Å². The quantitative estimate of drug-likeness (QED) is 0.428. The molecule has 0 bridgehead atoms. The summed E-state index contributed by atoms with van der Waals surface area (Å²) in [6, 6.07) is 11.0. The Hall–Kier alpha value is -2.63. The second-order valence-corrected chi connectivity index (χ2v) is 8.08. The SMILES string of the molecule is Cc1cc(Br)c(NC(=O)/C(C#N)=C/c2ccc3c(c2)n(C)c(=O)n3C)c(Br)c1. The van der Waals surface area contributed by atoms with E-state index >= 15 is 0 Å². The van der Waals surface area contributed by atoms with Gasteiger partial charge in [0, 0.05) is 23.0 Å². The van der Waals surface area contributed by atoms with Crippen molar-refractivity contribution in [3.05, 3.63) is 66.5 Å². The molecule has 0 aliphatic carbocycles. The van der Waals surface area contributed by atoms with E-state index in [1.807, 2.05) is 25.1 Å². The lowest BCUT2D eigenvalue weighted by Gasteiger charge is -2.10. The lowest BCUT2D eigenvalue weighted by molar-refractivity contribution is -0.112. The normalized spacial score (nSPS) is 11.5. The molecule has 0 fully saturated rings. The zero-order valence-electron chi connectivity index (χ0n) is 15.4. The number of anilines is 1. The van der Waals surface area contributed by atoms with Gasteiger partial charge < -0.3 is 5.32 Å². The number of nitrogens with zero attached hydrogens (tertiary/aromatic N) is 3. The van der Waals surface area contributed by atoms with Gasteiger partial charge in [0.2, 0.25) is 0 Å². The first-order chi connectivity index (χ1) is 13.2. The standard InChI is InChI=1S/C20H16Br2N4O2/c1-11-6-14(21)18(15(22)7-11)24-19(27)13(10-23)8-12-4-5-16-17(9-12)26(3)20(28)25(16)2/h4-9H,1-3H3,(H,24,27)/b13-8+. The van der Waals surface area contributed by atoms with Crippen molar-refractivity contribution in [2.24, 2.45) is 14.1 Å². The summed E-state index contributed by atoms with van der Waals surface area (Å²) >= 11 is 6.85. The molecule has 142 valence electrons. The molecule has 1 amide bonds. The second-order valence-electron chi connectivity index (χ2n) is 6.38. The number of benzene rings is 2. The van der Waals surface area contributed by atoms with Gasteiger partial charge in [0.25, 0.3) is 5.91 Å². The van der Waals surface area contributed by atoms with Crippen molar-refractivity contribution in [2.45, 2.75) is 6.92 Å². The molecule has 0 aliphatic rings. The number of nitriles is 1. The van der Waals surface area contributed by atoms with E-state index < -0.39 is 5.91 Å². The maximum absolute atomic E-state index is 12.6. The van der Waals surface area contributed by atoms with Gasteiger partial charge in [-0.3, -0.25) is 13.9 Å². The second kappa shape index (κ2) is 7.78. The molecule has 0 spiro atoms. The largest absolute Gasteiger partial charge is 0.328 e. The van der Waals surface area contributed by atoms with Crippen LogP contribution in [0.2, 0.25) is 0 Å². The number of hydrogen-bond acceptors (Lipinski definition) is 3. The highest BCUT2D eigenvalue weighted by molar-refractivity contribution is 9.11. The number of imidazole rings is 1. The Bertz CT molecular complexity index is 1220. The summed E-state index contributed by atoms with van der Waals surface area (Å²) in [5, 5.41) is 12.2. The molecule has 2 aromatic carbocycles. The van der Waals surface area contributed by atoms with Crippen LogP contribution in [-0.4, -0.2) is 15.0 Å². The van der Waals surface area contributed by atoms with Crippen molar-refractivity contribution in [3.8, 4) is 6.07 Å². The predicted molar refractivity (Wildman–Crippen MR) is 117 cm³/mol. The number of aryl methyl sites for hydroxylation is 3. The van der Waals surface area contributed by atoms with Crippen molar-refractivity contribution in [2.75, 3.05) is 5.32 Å². The van der Waals surface area contributed by atoms with Gasteiger partial charge in [0.05, 0.1) is 16.7 Å². The molecule has 28 heavy (non-hydrogen) atoms. The van der Waals surface area contributed by atoms with E-state index in [9.17, 15) is 14.9 Å². The van der Waals surface area contributed by atoms with Gasteiger partial charge in [0.1, 0.15) is 11.6 Å². The van der Waals surface area contributed by atoms with Gasteiger partial charge in [-0.2, -0.15) is 5.26 Å². The summed E-state index contributed by atoms with van der Waals surface area (Å²) in [5.74, 6) is -0.519. The van der Waals surface area contributed by atoms with Gasteiger partial charge in [-0.25, -0.2) is 4.79 Å². The highest BCUT2D eigenvalue weighted by atomic mass is 79.9. The number of halogens is 2. The van der Waals surface area contributed by atoms with E-state index in [2.05, 4.69) is 37.2 Å². The number of carbonyl (C=O) groups excluding carboxylic acids is 1. The third-order valence-corrected chi connectivity index (χ3v) is 5.65. The highest BCUT2D eigenvalue weighted by Gasteiger charge is 2.15. The summed E-state index contributed by atoms with van der Waals surface area (Å²) in [5.41, 5.74) is 3.56. The number of hydrogen-bond donors (Lipinski definition) is 1. The third kappa shape index (κ3) is 3.68. The summed E-state index contributed by atoms with van der Waals surface area (Å²) in [7, 11) is 3.38. The van der Waals surface area contributed by atoms with Crippen molar-refractivity contribution >= 4 is 60.6 Å². The van der Waals surface area contributed by atoms with Crippen LogP contribution in [0.15, 0.2) is 49.6 Å². The van der Waals surface area contributed by atoms with Crippen LogP contribution in [0.25, 0.3) is 17.1 Å². The number of nitrogens with one attached hydrogen (secondary N) is 1. The Kier molecular flexibility index (Phi) is 5.59. The molecule has 8 heteroatoms. The van der Waals surface area contributed by atoms with Gasteiger partial charge >= 0.3 is 5.69 Å². The maximum Gasteiger partial charge on any atom is 0.328 e. The summed E-state index contributed by atoms with van der Waals surface area (Å²) in [4.78, 5) is 24.7. The van der Waals surface area contributed by atoms with E-state index in [1.165, 1.54) is 10.6 Å². The lowest BCUT2D eigenvalue weighted by atomic mass is 10.1. The summed E-state index contributed by atoms with van der Waals surface area (Å²) in [6.45, 7) is 1.94. The molecule has 0 unspecified atom stereocenters. The average Bonchev–Trinajstić information content (AvgIpc) is 2.86. The fourth-order valence-corrected chi connectivity index (χ4v) is 4.54. The molecular formula is C20H16Br2N4O2. The molecule has 1 aromatic heterocycles. The summed E-state index contributed by atoms with van der Waals surface area (Å²) < 4.78 is 4.50. The van der Waals surface area contributed by atoms with Crippen molar-refractivity contribution in [1.29, 1.82) is 5.26 Å². The van der Waals surface area contributed by atoms with Crippen LogP contribution >= 0.6 is 31.9 Å². The molecule has 3 aromatic rings. The number of aromatic nitrogens is 2. The number of amides is 1. The topological polar surface area (TPSA) is 79.8 Å². The fourth-order valence-electron chi connectivity index (χ4n) is 2.93. The first-order valence-electron chi connectivity index (χ1n) is 8.27. The van der Waals surface area contributed by atoms with E-state index in [0.717, 1.165) is 16.6 Å². The van der Waals surface area contributed by atoms with Crippen LogP contribution in [0.4, 0.5) is 5.69 Å². The smallest absolute Gasteiger partial charge is 0.319 e. The Morgan fingerprint density at radius 3 is 2.32 bits per heavy atom. The van der Waals surface area contributed by atoms with Gasteiger partial charge in [-0.1, -0.05) is 6.07 Å². The van der Waals surface area contributed by atoms with Crippen LogP contribution in [0.3, 0.4) is 0 Å². The fraction of sp³-hybridized carbons (Fsp3) is 0.150. The zero-order chi connectivity index (χ0) is 20.6. The monoisotopic (exact) mass is 502 g/mol. The highest BCUT2D eigenvalue weighted by Crippen LogP contribution is 2.32. The molecule has 6 nitrogen and oxygen atoms in total. The Labute approximate surface area is 178 Å². The molecule has 0 aliphatic heterocycles. The molecule has 0 saturated heterocycles. The van der Waals surface area contributed by atoms with Gasteiger partial charge in [-0.15, -0.1) is 0 Å². The predicted octanol–water partition coefficient (Wildman–Crippen LogP) is 4.26. The van der Waals surface area contributed by atoms with Crippen LogP contribution in [-0.2, 0) is 18.9 Å². The molecule has 1 N–H and O–H groups in total. The first kappa shape index (κ1) is 20.1. The molecular weight excluding hydrogens is 488 g/mol. The maximum atomic E-state index is 12.6. The third-order valence-electron chi connectivity index (χ3n) is 4.40. The Morgan fingerprint density at radius 2 is 1.71 bits per heavy atom. The zero-order valence-corrected chi connectivity index (χ0v) is 18.6. The number of fused-ring (bicyclic) bond motifs is 1. The van der Waals surface area contributed by atoms with Crippen LogP contribution in [0.5, 0.6) is 0 Å². The van der Waals surface area contributed by atoms with E-state index in [-0.39, 0.29) is 11.3 Å². The minimum absolute atomic E-state index is 0.0420. The van der Waals surface area contributed by atoms with Crippen molar-refractivity contribution in [1.82, 2.24) is 9.13 Å². The molecule has 0 saturated carbocycles. The molecule has 1 heterocycles. The average molecular weight is 504 g/mol. The van der Waals surface area contributed by atoms with Crippen molar-refractivity contribution < 1.29 is 4.79 Å². The molecule has 3 rings (SSSR count). The van der Waals surface area contributed by atoms with E-state index in [4.69, 9.17) is 0 Å². The molecule has 0 radical (unpaired) electrons. The summed E-state index contributed by atoms with van der Waals surface area (Å²) in [6.07, 6.45) is 1.50. The lowest BCUT2D eigenvalue weighted by Crippen LogP contribution is -2.19. The van der Waals surface area contributed by atoms with Gasteiger partial charge in [-0.05, 0) is 80.3 Å². The van der Waals surface area contributed by atoms with Crippen molar-refractivity contribution in [3.63, 3.8) is 0 Å². The first-order valence-corrected chi connectivity index (χ1v) is 9.85. The Morgan fingerprint density at radius 1 is 1.11 bits per heavy atom. The van der Waals surface area contributed by atoms with Crippen LogP contribution < -0.4 is 11.0 Å².